The molecule has 0 aliphatic carbocycles. The van der Waals surface area contributed by atoms with E-state index in [9.17, 15) is 9.90 Å². The number of rotatable bonds is 4. The molecular formula is C15H21NO3. The first-order chi connectivity index (χ1) is 9.00. The Kier molecular flexibility index (Phi) is 4.34. The number of hydrogen-bond donors (Lipinski definition) is 1. The highest BCUT2D eigenvalue weighted by atomic mass is 16.5. The third-order valence-corrected chi connectivity index (χ3v) is 3.22. The van der Waals surface area contributed by atoms with Crippen molar-refractivity contribution in [2.45, 2.75) is 25.6 Å². The molecular weight excluding hydrogens is 242 g/mol. The van der Waals surface area contributed by atoms with Crippen LogP contribution in [-0.4, -0.2) is 53.7 Å². The second kappa shape index (κ2) is 5.82. The number of morpholine rings is 1. The number of carbonyl (C=O) groups is 1. The minimum atomic E-state index is -0.331. The fourth-order valence-corrected chi connectivity index (χ4v) is 2.55. The molecule has 0 radical (unpaired) electrons. The lowest BCUT2D eigenvalue weighted by Gasteiger charge is -2.42. The van der Waals surface area contributed by atoms with E-state index < -0.39 is 0 Å². The fraction of sp³-hybridized carbons (Fsp3) is 0.533. The first-order valence-corrected chi connectivity index (χ1v) is 6.59. The number of hydrogen-bond acceptors (Lipinski definition) is 4. The second-order valence-corrected chi connectivity index (χ2v) is 5.64. The van der Waals surface area contributed by atoms with E-state index in [1.807, 2.05) is 44.2 Å². The predicted octanol–water partition coefficient (Wildman–Crippen LogP) is 1.34. The van der Waals surface area contributed by atoms with Gasteiger partial charge in [-0.15, -0.1) is 0 Å². The Balaban J connectivity index is 2.00. The Hall–Kier alpha value is -1.23. The van der Waals surface area contributed by atoms with Crippen molar-refractivity contribution in [1.29, 1.82) is 0 Å². The van der Waals surface area contributed by atoms with Gasteiger partial charge in [0.25, 0.3) is 0 Å². The summed E-state index contributed by atoms with van der Waals surface area (Å²) in [7, 11) is 0. The van der Waals surface area contributed by atoms with Crippen LogP contribution in [0.5, 0.6) is 0 Å². The van der Waals surface area contributed by atoms with E-state index in [0.717, 1.165) is 5.56 Å². The van der Waals surface area contributed by atoms with Crippen molar-refractivity contribution in [3.05, 3.63) is 35.9 Å². The zero-order valence-electron chi connectivity index (χ0n) is 11.5. The van der Waals surface area contributed by atoms with Crippen molar-refractivity contribution in [2.75, 3.05) is 26.2 Å². The summed E-state index contributed by atoms with van der Waals surface area (Å²) < 4.78 is 5.74. The Morgan fingerprint density at radius 2 is 2.11 bits per heavy atom. The summed E-state index contributed by atoms with van der Waals surface area (Å²) in [5.41, 5.74) is 0.398. The number of nitrogens with zero attached hydrogens (tertiary/aromatic N) is 1. The van der Waals surface area contributed by atoms with Crippen LogP contribution in [0.4, 0.5) is 0 Å². The van der Waals surface area contributed by atoms with Gasteiger partial charge in [-0.1, -0.05) is 30.3 Å². The maximum absolute atomic E-state index is 12.2. The molecule has 1 unspecified atom stereocenters. The Labute approximate surface area is 114 Å². The number of aliphatic hydroxyl groups is 1. The Morgan fingerprint density at radius 1 is 1.42 bits per heavy atom. The van der Waals surface area contributed by atoms with E-state index in [2.05, 4.69) is 4.90 Å². The second-order valence-electron chi connectivity index (χ2n) is 5.64. The highest BCUT2D eigenvalue weighted by Crippen LogP contribution is 2.21. The van der Waals surface area contributed by atoms with Gasteiger partial charge in [-0.25, -0.2) is 0 Å². The summed E-state index contributed by atoms with van der Waals surface area (Å²) in [6, 6.07) is 9.30. The average molecular weight is 263 g/mol. The molecule has 1 aliphatic rings. The minimum absolute atomic E-state index is 0.0144. The van der Waals surface area contributed by atoms with Crippen molar-refractivity contribution in [3.63, 3.8) is 0 Å². The third-order valence-electron chi connectivity index (χ3n) is 3.22. The Bertz CT molecular complexity index is 430. The lowest BCUT2D eigenvalue weighted by molar-refractivity contribution is -0.146. The zero-order chi connectivity index (χ0) is 13.9. The van der Waals surface area contributed by atoms with Gasteiger partial charge in [0.15, 0.2) is 5.78 Å². The summed E-state index contributed by atoms with van der Waals surface area (Å²) in [4.78, 5) is 14.2. The van der Waals surface area contributed by atoms with Gasteiger partial charge < -0.3 is 9.84 Å². The molecule has 1 atom stereocenters. The van der Waals surface area contributed by atoms with Crippen LogP contribution in [-0.2, 0) is 4.74 Å². The van der Waals surface area contributed by atoms with Crippen LogP contribution >= 0.6 is 0 Å². The molecule has 1 N–H and O–H groups in total. The average Bonchev–Trinajstić information content (AvgIpc) is 2.37. The van der Waals surface area contributed by atoms with Crippen molar-refractivity contribution in [2.24, 2.45) is 0 Å². The normalized spacial score (nSPS) is 23.2. The summed E-state index contributed by atoms with van der Waals surface area (Å²) in [5, 5.41) is 9.26. The van der Waals surface area contributed by atoms with Gasteiger partial charge in [0, 0.05) is 18.7 Å². The van der Waals surface area contributed by atoms with Crippen LogP contribution in [0.1, 0.15) is 24.2 Å². The highest BCUT2D eigenvalue weighted by Gasteiger charge is 2.33. The van der Waals surface area contributed by atoms with Gasteiger partial charge in [-0.05, 0) is 13.8 Å². The fourth-order valence-electron chi connectivity index (χ4n) is 2.55. The Morgan fingerprint density at radius 3 is 2.74 bits per heavy atom. The predicted molar refractivity (Wildman–Crippen MR) is 73.3 cm³/mol. The van der Waals surface area contributed by atoms with E-state index in [1.165, 1.54) is 0 Å². The van der Waals surface area contributed by atoms with Gasteiger partial charge in [0.1, 0.15) is 0 Å². The molecule has 1 aliphatic heterocycles. The third kappa shape index (κ3) is 3.86. The first kappa shape index (κ1) is 14.2. The summed E-state index contributed by atoms with van der Waals surface area (Å²) in [5.74, 6) is 0.106. The molecule has 1 heterocycles. The molecule has 0 saturated carbocycles. The first-order valence-electron chi connectivity index (χ1n) is 6.59. The molecule has 104 valence electrons. The van der Waals surface area contributed by atoms with Gasteiger partial charge in [-0.3, -0.25) is 9.69 Å². The zero-order valence-corrected chi connectivity index (χ0v) is 11.5. The minimum Gasteiger partial charge on any atom is -0.394 e. The molecule has 0 spiro atoms. The molecule has 1 aromatic carbocycles. The number of Topliss-reactive ketones (excluding diaryl/α,β-unsaturated/α-hetero) is 1. The van der Waals surface area contributed by atoms with Crippen LogP contribution < -0.4 is 0 Å². The van der Waals surface area contributed by atoms with Crippen LogP contribution in [0.2, 0.25) is 0 Å². The summed E-state index contributed by atoms with van der Waals surface area (Å²) >= 11 is 0. The number of aliphatic hydroxyl groups excluding tert-OH is 1. The lowest BCUT2D eigenvalue weighted by Crippen LogP contribution is -2.54. The van der Waals surface area contributed by atoms with Crippen molar-refractivity contribution >= 4 is 5.78 Å². The summed E-state index contributed by atoms with van der Waals surface area (Å²) in [6.45, 7) is 5.61. The van der Waals surface area contributed by atoms with E-state index in [1.54, 1.807) is 0 Å². The topological polar surface area (TPSA) is 49.8 Å². The van der Waals surface area contributed by atoms with Crippen molar-refractivity contribution in [3.8, 4) is 0 Å². The molecule has 1 fully saturated rings. The molecule has 0 aromatic heterocycles. The van der Waals surface area contributed by atoms with Crippen LogP contribution in [0.3, 0.4) is 0 Å². The summed E-state index contributed by atoms with van der Waals surface area (Å²) in [6.07, 6.45) is -0.215. The maximum atomic E-state index is 12.2. The van der Waals surface area contributed by atoms with Crippen LogP contribution in [0, 0.1) is 0 Å². The molecule has 19 heavy (non-hydrogen) atoms. The number of ketones is 1. The maximum Gasteiger partial charge on any atom is 0.176 e. The highest BCUT2D eigenvalue weighted by molar-refractivity contribution is 5.97. The molecule has 0 amide bonds. The number of ether oxygens (including phenoxy) is 1. The van der Waals surface area contributed by atoms with E-state index >= 15 is 0 Å². The van der Waals surface area contributed by atoms with E-state index in [0.29, 0.717) is 19.6 Å². The van der Waals surface area contributed by atoms with Gasteiger partial charge in [0.05, 0.1) is 24.9 Å². The van der Waals surface area contributed by atoms with Crippen LogP contribution in [0.15, 0.2) is 30.3 Å². The van der Waals surface area contributed by atoms with Crippen LogP contribution in [0.25, 0.3) is 0 Å². The van der Waals surface area contributed by atoms with Crippen molar-refractivity contribution in [1.82, 2.24) is 4.90 Å². The largest absolute Gasteiger partial charge is 0.394 e. The number of carbonyl (C=O) groups excluding carboxylic acids is 1. The van der Waals surface area contributed by atoms with Crippen molar-refractivity contribution < 1.29 is 14.6 Å². The molecule has 0 bridgehead atoms. The van der Waals surface area contributed by atoms with Gasteiger partial charge in [-0.2, -0.15) is 0 Å². The van der Waals surface area contributed by atoms with E-state index in [-0.39, 0.29) is 24.1 Å². The molecule has 1 aromatic rings. The monoisotopic (exact) mass is 263 g/mol. The van der Waals surface area contributed by atoms with Gasteiger partial charge >= 0.3 is 0 Å². The van der Waals surface area contributed by atoms with E-state index in [4.69, 9.17) is 4.74 Å². The number of benzene rings is 1. The standard InChI is InChI=1S/C15H21NO3/c1-15(2)11-16(8-13(10-17)19-15)9-14(18)12-6-4-3-5-7-12/h3-7,13,17H,8-11H2,1-2H3. The molecule has 1 saturated heterocycles. The SMILES string of the molecule is CC1(C)CN(CC(=O)c2ccccc2)CC(CO)O1. The quantitative estimate of drug-likeness (QED) is 0.833. The van der Waals surface area contributed by atoms with Gasteiger partial charge in [0.2, 0.25) is 0 Å². The molecule has 4 heteroatoms. The smallest absolute Gasteiger partial charge is 0.176 e. The molecule has 4 nitrogen and oxygen atoms in total. The molecule has 2 rings (SSSR count). The lowest BCUT2D eigenvalue weighted by atomic mass is 10.0.